The fraction of sp³-hybridized carbons (Fsp3) is 0.700. The van der Waals surface area contributed by atoms with Gasteiger partial charge in [-0.25, -0.2) is 0 Å². The molecule has 1 saturated carbocycles. The highest BCUT2D eigenvalue weighted by molar-refractivity contribution is 5.12. The predicted molar refractivity (Wildman–Crippen MR) is 48.2 cm³/mol. The molecule has 12 heavy (non-hydrogen) atoms. The molecule has 0 aromatic rings. The molecular weight excluding hydrogens is 148 g/mol. The summed E-state index contributed by atoms with van der Waals surface area (Å²) >= 11 is 0. The van der Waals surface area contributed by atoms with Crippen LogP contribution in [0.3, 0.4) is 0 Å². The van der Waals surface area contributed by atoms with Gasteiger partial charge in [-0.1, -0.05) is 5.92 Å². The second kappa shape index (κ2) is 3.17. The van der Waals surface area contributed by atoms with Crippen LogP contribution in [0.5, 0.6) is 0 Å². The smallest absolute Gasteiger partial charge is 0.0703 e. The molecule has 0 aromatic heterocycles. The largest absolute Gasteiger partial charge is 0.292 e. The molecule has 1 atom stereocenters. The van der Waals surface area contributed by atoms with Gasteiger partial charge in [0.05, 0.1) is 17.5 Å². The molecular formula is C10H14N2. The molecule has 0 radical (unpaired) electrons. The van der Waals surface area contributed by atoms with Crippen molar-refractivity contribution in [1.82, 2.24) is 4.90 Å². The maximum absolute atomic E-state index is 8.83. The van der Waals surface area contributed by atoms with Gasteiger partial charge in [-0.3, -0.25) is 4.90 Å². The van der Waals surface area contributed by atoms with E-state index < -0.39 is 0 Å². The first-order valence-corrected chi connectivity index (χ1v) is 4.21. The lowest BCUT2D eigenvalue weighted by Crippen LogP contribution is -2.32. The minimum Gasteiger partial charge on any atom is -0.292 e. The van der Waals surface area contributed by atoms with E-state index >= 15 is 0 Å². The van der Waals surface area contributed by atoms with Crippen LogP contribution >= 0.6 is 0 Å². The number of hydrogen-bond acceptors (Lipinski definition) is 2. The molecule has 1 aliphatic rings. The van der Waals surface area contributed by atoms with E-state index in [0.29, 0.717) is 0 Å². The Morgan fingerprint density at radius 1 is 1.67 bits per heavy atom. The fourth-order valence-electron chi connectivity index (χ4n) is 1.20. The molecule has 0 heterocycles. The minimum absolute atomic E-state index is 0.0696. The SMILES string of the molecule is C#CC(C)N(C)CC1(C#N)CC1. The normalized spacial score (nSPS) is 21.1. The van der Waals surface area contributed by atoms with Crippen molar-refractivity contribution < 1.29 is 0 Å². The Labute approximate surface area is 74.2 Å². The van der Waals surface area contributed by atoms with E-state index in [1.807, 2.05) is 14.0 Å². The van der Waals surface area contributed by atoms with Crippen molar-refractivity contribution in [1.29, 1.82) is 5.26 Å². The van der Waals surface area contributed by atoms with E-state index in [1.54, 1.807) is 0 Å². The van der Waals surface area contributed by atoms with Gasteiger partial charge in [0.25, 0.3) is 0 Å². The van der Waals surface area contributed by atoms with Crippen molar-refractivity contribution in [3.63, 3.8) is 0 Å². The van der Waals surface area contributed by atoms with E-state index in [9.17, 15) is 0 Å². The van der Waals surface area contributed by atoms with Crippen molar-refractivity contribution >= 4 is 0 Å². The molecule has 0 amide bonds. The number of hydrogen-bond donors (Lipinski definition) is 0. The molecule has 1 aliphatic carbocycles. The zero-order valence-electron chi connectivity index (χ0n) is 7.67. The molecule has 1 unspecified atom stereocenters. The van der Waals surface area contributed by atoms with Crippen LogP contribution < -0.4 is 0 Å². The Balaban J connectivity index is 2.43. The lowest BCUT2D eigenvalue weighted by atomic mass is 10.1. The van der Waals surface area contributed by atoms with Crippen molar-refractivity contribution in [2.45, 2.75) is 25.8 Å². The number of terminal acetylenes is 1. The molecule has 0 aromatic carbocycles. The molecule has 0 spiro atoms. The first kappa shape index (κ1) is 9.10. The maximum atomic E-state index is 8.83. The van der Waals surface area contributed by atoms with Crippen molar-refractivity contribution in [2.24, 2.45) is 5.41 Å². The Hall–Kier alpha value is -0.990. The lowest BCUT2D eigenvalue weighted by molar-refractivity contribution is 0.268. The van der Waals surface area contributed by atoms with Gasteiger partial charge in [-0.2, -0.15) is 5.26 Å². The van der Waals surface area contributed by atoms with Crippen LogP contribution in [0, 0.1) is 29.1 Å². The van der Waals surface area contributed by atoms with Gasteiger partial charge in [0.15, 0.2) is 0 Å². The minimum atomic E-state index is -0.0696. The van der Waals surface area contributed by atoms with Crippen molar-refractivity contribution in [3.8, 4) is 18.4 Å². The Bertz CT molecular complexity index is 240. The Kier molecular flexibility index (Phi) is 2.40. The summed E-state index contributed by atoms with van der Waals surface area (Å²) in [5.74, 6) is 2.66. The van der Waals surface area contributed by atoms with E-state index in [0.717, 1.165) is 19.4 Å². The molecule has 64 valence electrons. The third kappa shape index (κ3) is 1.78. The van der Waals surface area contributed by atoms with Crippen molar-refractivity contribution in [2.75, 3.05) is 13.6 Å². The molecule has 0 N–H and O–H groups in total. The Morgan fingerprint density at radius 2 is 2.25 bits per heavy atom. The lowest BCUT2D eigenvalue weighted by Gasteiger charge is -2.22. The molecule has 1 fully saturated rings. The molecule has 2 nitrogen and oxygen atoms in total. The van der Waals surface area contributed by atoms with Crippen LogP contribution in [0.2, 0.25) is 0 Å². The highest BCUT2D eigenvalue weighted by Crippen LogP contribution is 2.45. The van der Waals surface area contributed by atoms with E-state index in [4.69, 9.17) is 11.7 Å². The van der Waals surface area contributed by atoms with Gasteiger partial charge in [-0.05, 0) is 26.8 Å². The first-order valence-electron chi connectivity index (χ1n) is 4.21. The van der Waals surface area contributed by atoms with Crippen LogP contribution in [0.1, 0.15) is 19.8 Å². The standard InChI is InChI=1S/C10H14N2/c1-4-9(2)12(3)8-10(7-11)5-6-10/h1,9H,5-6,8H2,2-3H3. The van der Waals surface area contributed by atoms with Crippen LogP contribution in [0.15, 0.2) is 0 Å². The fourth-order valence-corrected chi connectivity index (χ4v) is 1.20. The summed E-state index contributed by atoms with van der Waals surface area (Å²) in [6.07, 6.45) is 7.34. The van der Waals surface area contributed by atoms with Gasteiger partial charge in [0.2, 0.25) is 0 Å². The van der Waals surface area contributed by atoms with Gasteiger partial charge < -0.3 is 0 Å². The molecule has 0 saturated heterocycles. The predicted octanol–water partition coefficient (Wildman–Crippen LogP) is 1.24. The van der Waals surface area contributed by atoms with Crippen molar-refractivity contribution in [3.05, 3.63) is 0 Å². The molecule has 1 rings (SSSR count). The zero-order valence-corrected chi connectivity index (χ0v) is 7.67. The summed E-state index contributed by atoms with van der Waals surface area (Å²) in [5, 5.41) is 8.83. The first-order chi connectivity index (χ1) is 5.63. The quantitative estimate of drug-likeness (QED) is 0.584. The number of nitrogens with zero attached hydrogens (tertiary/aromatic N) is 2. The second-order valence-corrected chi connectivity index (χ2v) is 3.65. The average Bonchev–Trinajstić information content (AvgIpc) is 2.84. The highest BCUT2D eigenvalue weighted by Gasteiger charge is 2.44. The van der Waals surface area contributed by atoms with Gasteiger partial charge in [0, 0.05) is 6.54 Å². The van der Waals surface area contributed by atoms with Gasteiger partial charge in [0.1, 0.15) is 0 Å². The summed E-state index contributed by atoms with van der Waals surface area (Å²) in [7, 11) is 1.97. The summed E-state index contributed by atoms with van der Waals surface area (Å²) in [6, 6.07) is 2.49. The van der Waals surface area contributed by atoms with E-state index in [-0.39, 0.29) is 11.5 Å². The summed E-state index contributed by atoms with van der Waals surface area (Å²) in [4.78, 5) is 2.07. The Morgan fingerprint density at radius 3 is 2.58 bits per heavy atom. The van der Waals surface area contributed by atoms with Crippen LogP contribution in [0.25, 0.3) is 0 Å². The molecule has 0 bridgehead atoms. The summed E-state index contributed by atoms with van der Waals surface area (Å²) < 4.78 is 0. The topological polar surface area (TPSA) is 27.0 Å². The second-order valence-electron chi connectivity index (χ2n) is 3.65. The van der Waals surface area contributed by atoms with E-state index in [2.05, 4.69) is 16.9 Å². The van der Waals surface area contributed by atoms with Gasteiger partial charge >= 0.3 is 0 Å². The molecule has 0 aliphatic heterocycles. The molecule has 2 heteroatoms. The maximum Gasteiger partial charge on any atom is 0.0703 e. The number of nitriles is 1. The summed E-state index contributed by atoms with van der Waals surface area (Å²) in [5.41, 5.74) is -0.0696. The third-order valence-corrected chi connectivity index (χ3v) is 2.55. The van der Waals surface area contributed by atoms with E-state index in [1.165, 1.54) is 0 Å². The van der Waals surface area contributed by atoms with Crippen LogP contribution in [0.4, 0.5) is 0 Å². The summed E-state index contributed by atoms with van der Waals surface area (Å²) in [6.45, 7) is 2.79. The average molecular weight is 162 g/mol. The van der Waals surface area contributed by atoms with Gasteiger partial charge in [-0.15, -0.1) is 6.42 Å². The third-order valence-electron chi connectivity index (χ3n) is 2.55. The van der Waals surface area contributed by atoms with Crippen LogP contribution in [-0.2, 0) is 0 Å². The number of rotatable bonds is 3. The zero-order chi connectivity index (χ0) is 9.19. The van der Waals surface area contributed by atoms with Crippen LogP contribution in [-0.4, -0.2) is 24.5 Å². The highest BCUT2D eigenvalue weighted by atomic mass is 15.1. The monoisotopic (exact) mass is 162 g/mol.